The molecule has 31 heavy (non-hydrogen) atoms. The number of nitrogens with one attached hydrogen (secondary N) is 1. The fraction of sp³-hybridized carbons (Fsp3) is 0.318. The number of thioether (sulfide) groups is 1. The molecular weight excluding hydrogens is 455 g/mol. The molecule has 1 atom stereocenters. The Bertz CT molecular complexity index is 1070. The lowest BCUT2D eigenvalue weighted by Crippen LogP contribution is -2.16. The van der Waals surface area contributed by atoms with Crippen LogP contribution in [0.4, 0.5) is 5.69 Å². The number of amides is 1. The first kappa shape index (κ1) is 23.4. The van der Waals surface area contributed by atoms with Crippen LogP contribution in [0.5, 0.6) is 5.75 Å². The molecule has 1 heterocycles. The predicted molar refractivity (Wildman–Crippen MR) is 126 cm³/mol. The summed E-state index contributed by atoms with van der Waals surface area (Å²) < 4.78 is 8.03. The maximum absolute atomic E-state index is 12.4. The molecule has 1 N–H and O–H groups in total. The molecule has 3 aromatic rings. The number of ether oxygens (including phenoxy) is 1. The molecule has 6 nitrogen and oxygen atoms in total. The Balaban J connectivity index is 1.66. The third kappa shape index (κ3) is 5.73. The van der Waals surface area contributed by atoms with Gasteiger partial charge in [-0.05, 0) is 63.1 Å². The van der Waals surface area contributed by atoms with Gasteiger partial charge in [-0.25, -0.2) is 0 Å². The fourth-order valence-corrected chi connectivity index (χ4v) is 4.27. The average molecular weight is 479 g/mol. The molecule has 0 aliphatic carbocycles. The summed E-state index contributed by atoms with van der Waals surface area (Å²) in [6, 6.07) is 11.1. The SMILES string of the molecule is CCn1c(SCC(=O)Nc2c(Cl)cccc2Cl)nnc1C(C)Oc1ccc(C)c(C)c1. The first-order valence-electron chi connectivity index (χ1n) is 9.83. The smallest absolute Gasteiger partial charge is 0.234 e. The van der Waals surface area contributed by atoms with Gasteiger partial charge in [0.25, 0.3) is 0 Å². The molecule has 2 aromatic carbocycles. The van der Waals surface area contributed by atoms with Crippen LogP contribution in [-0.4, -0.2) is 26.4 Å². The van der Waals surface area contributed by atoms with E-state index in [-0.39, 0.29) is 17.8 Å². The number of benzene rings is 2. The molecule has 0 aliphatic heterocycles. The maximum atomic E-state index is 12.4. The van der Waals surface area contributed by atoms with Crippen molar-refractivity contribution in [1.29, 1.82) is 0 Å². The minimum Gasteiger partial charge on any atom is -0.483 e. The van der Waals surface area contributed by atoms with Crippen molar-refractivity contribution < 1.29 is 9.53 Å². The first-order chi connectivity index (χ1) is 14.8. The minimum absolute atomic E-state index is 0.145. The van der Waals surface area contributed by atoms with Gasteiger partial charge in [0, 0.05) is 6.54 Å². The van der Waals surface area contributed by atoms with Crippen LogP contribution in [0, 0.1) is 13.8 Å². The lowest BCUT2D eigenvalue weighted by atomic mass is 10.1. The number of carbonyl (C=O) groups is 1. The predicted octanol–water partition coefficient (Wildman–Crippen LogP) is 6.09. The van der Waals surface area contributed by atoms with E-state index in [4.69, 9.17) is 27.9 Å². The molecule has 164 valence electrons. The van der Waals surface area contributed by atoms with Crippen molar-refractivity contribution in [3.05, 3.63) is 63.4 Å². The van der Waals surface area contributed by atoms with Gasteiger partial charge in [0.15, 0.2) is 17.1 Å². The number of nitrogens with zero attached hydrogens (tertiary/aromatic N) is 3. The largest absolute Gasteiger partial charge is 0.483 e. The Hall–Kier alpha value is -2.22. The summed E-state index contributed by atoms with van der Waals surface area (Å²) in [5, 5.41) is 12.7. The summed E-state index contributed by atoms with van der Waals surface area (Å²) >= 11 is 13.5. The van der Waals surface area contributed by atoms with Crippen LogP contribution in [0.3, 0.4) is 0 Å². The molecular formula is C22H24Cl2N4O2S. The highest BCUT2D eigenvalue weighted by Crippen LogP contribution is 2.30. The van der Waals surface area contributed by atoms with Crippen molar-refractivity contribution in [2.75, 3.05) is 11.1 Å². The second-order valence-corrected chi connectivity index (χ2v) is 8.78. The molecule has 9 heteroatoms. The number of anilines is 1. The maximum Gasteiger partial charge on any atom is 0.234 e. The molecule has 3 rings (SSSR count). The summed E-state index contributed by atoms with van der Waals surface area (Å²) in [5.74, 6) is 1.40. The zero-order valence-corrected chi connectivity index (χ0v) is 20.1. The van der Waals surface area contributed by atoms with Gasteiger partial charge in [-0.3, -0.25) is 4.79 Å². The van der Waals surface area contributed by atoms with Crippen LogP contribution in [0.15, 0.2) is 41.6 Å². The molecule has 0 aliphatic rings. The minimum atomic E-state index is -0.292. The highest BCUT2D eigenvalue weighted by atomic mass is 35.5. The van der Waals surface area contributed by atoms with E-state index in [0.29, 0.717) is 33.3 Å². The molecule has 0 saturated carbocycles. The van der Waals surface area contributed by atoms with Gasteiger partial charge in [0.05, 0.1) is 21.5 Å². The van der Waals surface area contributed by atoms with Crippen LogP contribution < -0.4 is 10.1 Å². The normalized spacial score (nSPS) is 11.9. The van der Waals surface area contributed by atoms with Gasteiger partial charge in [0.2, 0.25) is 5.91 Å². The number of hydrogen-bond donors (Lipinski definition) is 1. The van der Waals surface area contributed by atoms with Crippen molar-refractivity contribution in [2.24, 2.45) is 0 Å². The zero-order valence-electron chi connectivity index (χ0n) is 17.8. The highest BCUT2D eigenvalue weighted by Gasteiger charge is 2.20. The number of aromatic nitrogens is 3. The van der Waals surface area contributed by atoms with Crippen LogP contribution in [-0.2, 0) is 11.3 Å². The van der Waals surface area contributed by atoms with E-state index in [1.165, 1.54) is 22.9 Å². The Morgan fingerprint density at radius 1 is 1.16 bits per heavy atom. The van der Waals surface area contributed by atoms with Crippen LogP contribution in [0.2, 0.25) is 10.0 Å². The molecule has 0 radical (unpaired) electrons. The van der Waals surface area contributed by atoms with Crippen molar-refractivity contribution in [2.45, 2.75) is 45.5 Å². The number of aryl methyl sites for hydroxylation is 2. The second-order valence-electron chi connectivity index (χ2n) is 7.02. The van der Waals surface area contributed by atoms with Crippen molar-refractivity contribution in [3.8, 4) is 5.75 Å². The average Bonchev–Trinajstić information content (AvgIpc) is 3.15. The van der Waals surface area contributed by atoms with E-state index in [1.54, 1.807) is 18.2 Å². The van der Waals surface area contributed by atoms with E-state index in [1.807, 2.05) is 36.6 Å². The first-order valence-corrected chi connectivity index (χ1v) is 11.6. The van der Waals surface area contributed by atoms with Gasteiger partial charge in [0.1, 0.15) is 5.75 Å². The summed E-state index contributed by atoms with van der Waals surface area (Å²) in [4.78, 5) is 12.4. The third-order valence-corrected chi connectivity index (χ3v) is 6.37. The third-order valence-electron chi connectivity index (χ3n) is 4.78. The number of rotatable bonds is 8. The van der Waals surface area contributed by atoms with Crippen LogP contribution in [0.25, 0.3) is 0 Å². The van der Waals surface area contributed by atoms with Gasteiger partial charge in [-0.2, -0.15) is 0 Å². The number of carbonyl (C=O) groups excluding carboxylic acids is 1. The Labute approximate surface area is 196 Å². The van der Waals surface area contributed by atoms with Crippen molar-refractivity contribution in [3.63, 3.8) is 0 Å². The van der Waals surface area contributed by atoms with E-state index < -0.39 is 0 Å². The topological polar surface area (TPSA) is 69.0 Å². The number of para-hydroxylation sites is 1. The van der Waals surface area contributed by atoms with E-state index in [2.05, 4.69) is 29.4 Å². The molecule has 1 amide bonds. The molecule has 1 aromatic heterocycles. The highest BCUT2D eigenvalue weighted by molar-refractivity contribution is 7.99. The molecule has 0 fully saturated rings. The summed E-state index contributed by atoms with van der Waals surface area (Å²) in [6.45, 7) is 8.71. The quantitative estimate of drug-likeness (QED) is 0.396. The van der Waals surface area contributed by atoms with Crippen molar-refractivity contribution in [1.82, 2.24) is 14.8 Å². The molecule has 0 spiro atoms. The number of hydrogen-bond acceptors (Lipinski definition) is 5. The zero-order chi connectivity index (χ0) is 22.5. The Morgan fingerprint density at radius 3 is 2.52 bits per heavy atom. The van der Waals surface area contributed by atoms with Gasteiger partial charge >= 0.3 is 0 Å². The molecule has 0 saturated heterocycles. The lowest BCUT2D eigenvalue weighted by Gasteiger charge is -2.16. The Kier molecular flexibility index (Phi) is 7.86. The van der Waals surface area contributed by atoms with E-state index >= 15 is 0 Å². The fourth-order valence-electron chi connectivity index (χ4n) is 2.97. The van der Waals surface area contributed by atoms with Crippen LogP contribution in [0.1, 0.15) is 36.9 Å². The summed E-state index contributed by atoms with van der Waals surface area (Å²) in [5.41, 5.74) is 2.79. The number of halogens is 2. The van der Waals surface area contributed by atoms with E-state index in [0.717, 1.165) is 5.75 Å². The van der Waals surface area contributed by atoms with E-state index in [9.17, 15) is 4.79 Å². The van der Waals surface area contributed by atoms with Gasteiger partial charge in [-0.1, -0.05) is 47.1 Å². The van der Waals surface area contributed by atoms with Gasteiger partial charge < -0.3 is 14.6 Å². The van der Waals surface area contributed by atoms with Crippen LogP contribution >= 0.6 is 35.0 Å². The second kappa shape index (κ2) is 10.4. The Morgan fingerprint density at radius 2 is 1.87 bits per heavy atom. The molecule has 1 unspecified atom stereocenters. The summed E-state index contributed by atoms with van der Waals surface area (Å²) in [7, 11) is 0. The molecule has 0 bridgehead atoms. The monoisotopic (exact) mass is 478 g/mol. The van der Waals surface area contributed by atoms with Crippen molar-refractivity contribution >= 4 is 46.6 Å². The lowest BCUT2D eigenvalue weighted by molar-refractivity contribution is -0.113. The van der Waals surface area contributed by atoms with Gasteiger partial charge in [-0.15, -0.1) is 10.2 Å². The summed E-state index contributed by atoms with van der Waals surface area (Å²) in [6.07, 6.45) is -0.292. The standard InChI is InChI=1S/C22H24Cl2N4O2S/c1-5-28-21(15(4)30-16-10-9-13(2)14(3)11-16)26-27-22(28)31-12-19(29)25-20-17(23)7-6-8-18(20)24/h6-11,15H,5,12H2,1-4H3,(H,25,29).